The Balaban J connectivity index is 2.32. The maximum atomic E-state index is 9.77. The fourth-order valence-electron chi connectivity index (χ4n) is 1.70. The molecule has 17 heavy (non-hydrogen) atoms. The van der Waals surface area contributed by atoms with E-state index < -0.39 is 18.3 Å². The van der Waals surface area contributed by atoms with Crippen molar-refractivity contribution in [1.29, 1.82) is 0 Å². The van der Waals surface area contributed by atoms with Gasteiger partial charge in [-0.05, 0) is 33.8 Å². The van der Waals surface area contributed by atoms with E-state index >= 15 is 0 Å². The largest absolute Gasteiger partial charge is 0.508 e. The Bertz CT molecular complexity index is 426. The second kappa shape index (κ2) is 3.65. The van der Waals surface area contributed by atoms with Gasteiger partial charge in [0.05, 0.1) is 11.2 Å². The molecule has 0 aliphatic carbocycles. The maximum Gasteiger partial charge on any atom is 0.498 e. The molecule has 1 aromatic carbocycles. The third kappa shape index (κ3) is 2.00. The Hall–Kier alpha value is -1.20. The van der Waals surface area contributed by atoms with E-state index in [9.17, 15) is 10.2 Å². The molecule has 2 rings (SSSR count). The van der Waals surface area contributed by atoms with Crippen molar-refractivity contribution in [3.8, 4) is 11.5 Å². The lowest BCUT2D eigenvalue weighted by molar-refractivity contribution is 0.00578. The summed E-state index contributed by atoms with van der Waals surface area (Å²) in [5.74, 6) is -0.00809. The Morgan fingerprint density at radius 2 is 1.53 bits per heavy atom. The first-order valence-electron chi connectivity index (χ1n) is 5.60. The lowest BCUT2D eigenvalue weighted by Gasteiger charge is -2.32. The summed E-state index contributed by atoms with van der Waals surface area (Å²) in [7, 11) is -0.611. The summed E-state index contributed by atoms with van der Waals surface area (Å²) in [6, 6.07) is 4.38. The van der Waals surface area contributed by atoms with Gasteiger partial charge in [-0.2, -0.15) is 0 Å². The van der Waals surface area contributed by atoms with Crippen molar-refractivity contribution in [3.05, 3.63) is 18.2 Å². The van der Waals surface area contributed by atoms with E-state index in [4.69, 9.17) is 9.31 Å². The normalized spacial score (nSPS) is 21.8. The molecular formula is C12H17BO4. The van der Waals surface area contributed by atoms with Gasteiger partial charge in [0.2, 0.25) is 0 Å². The summed E-state index contributed by atoms with van der Waals surface area (Å²) in [5, 5.41) is 19.0. The number of phenolic OH excluding ortho intramolecular Hbond substituents is 2. The maximum absolute atomic E-state index is 9.77. The van der Waals surface area contributed by atoms with Crippen LogP contribution in [0.15, 0.2) is 18.2 Å². The molecule has 1 saturated heterocycles. The standard InChI is InChI=1S/C12H17BO4/c1-11(2)12(3,4)17-13(16-11)9-6-5-8(14)7-10(9)15/h5-7,14-15H,1-4H3. The molecule has 1 aliphatic heterocycles. The van der Waals surface area contributed by atoms with Gasteiger partial charge in [-0.1, -0.05) is 6.07 Å². The molecule has 0 spiro atoms. The van der Waals surface area contributed by atoms with Crippen molar-refractivity contribution in [2.75, 3.05) is 0 Å². The number of hydrogen-bond acceptors (Lipinski definition) is 4. The van der Waals surface area contributed by atoms with E-state index in [2.05, 4.69) is 0 Å². The van der Waals surface area contributed by atoms with Gasteiger partial charge in [-0.15, -0.1) is 0 Å². The Morgan fingerprint density at radius 1 is 1.00 bits per heavy atom. The SMILES string of the molecule is CC1(C)OB(c2ccc(O)cc2O)OC1(C)C. The van der Waals surface area contributed by atoms with Crippen molar-refractivity contribution in [2.24, 2.45) is 0 Å². The molecule has 5 heteroatoms. The zero-order chi connectivity index (χ0) is 12.8. The molecule has 1 aliphatic rings. The van der Waals surface area contributed by atoms with Crippen molar-refractivity contribution < 1.29 is 19.5 Å². The Labute approximate surface area is 101 Å². The molecular weight excluding hydrogens is 219 g/mol. The summed E-state index contributed by atoms with van der Waals surface area (Å²) in [5.41, 5.74) is -0.356. The molecule has 0 unspecified atom stereocenters. The third-order valence-electron chi connectivity index (χ3n) is 3.52. The minimum atomic E-state index is -0.611. The zero-order valence-electron chi connectivity index (χ0n) is 10.5. The molecule has 0 atom stereocenters. The van der Waals surface area contributed by atoms with Crippen LogP contribution in [0.25, 0.3) is 0 Å². The van der Waals surface area contributed by atoms with Gasteiger partial charge < -0.3 is 19.5 Å². The highest BCUT2D eigenvalue weighted by molar-refractivity contribution is 6.63. The first kappa shape index (κ1) is 12.3. The first-order valence-corrected chi connectivity index (χ1v) is 5.60. The second-order valence-corrected chi connectivity index (χ2v) is 5.33. The molecule has 4 nitrogen and oxygen atoms in total. The predicted molar refractivity (Wildman–Crippen MR) is 65.5 cm³/mol. The van der Waals surface area contributed by atoms with Crippen LogP contribution in [0.3, 0.4) is 0 Å². The van der Waals surface area contributed by atoms with E-state index in [0.717, 1.165) is 0 Å². The van der Waals surface area contributed by atoms with Gasteiger partial charge in [-0.25, -0.2) is 0 Å². The minimum Gasteiger partial charge on any atom is -0.508 e. The van der Waals surface area contributed by atoms with Crippen LogP contribution in [0, 0.1) is 0 Å². The fourth-order valence-corrected chi connectivity index (χ4v) is 1.70. The molecule has 1 aromatic rings. The monoisotopic (exact) mass is 236 g/mol. The van der Waals surface area contributed by atoms with Crippen LogP contribution in [0.5, 0.6) is 11.5 Å². The Morgan fingerprint density at radius 3 is 2.00 bits per heavy atom. The molecule has 1 fully saturated rings. The summed E-state index contributed by atoms with van der Waals surface area (Å²) < 4.78 is 11.6. The number of rotatable bonds is 1. The van der Waals surface area contributed by atoms with Crippen molar-refractivity contribution in [3.63, 3.8) is 0 Å². The Kier molecular flexibility index (Phi) is 2.63. The van der Waals surface area contributed by atoms with Crippen LogP contribution in [-0.2, 0) is 9.31 Å². The van der Waals surface area contributed by atoms with Crippen LogP contribution in [0.1, 0.15) is 27.7 Å². The van der Waals surface area contributed by atoms with Crippen LogP contribution in [0.2, 0.25) is 0 Å². The molecule has 0 aromatic heterocycles. The second-order valence-electron chi connectivity index (χ2n) is 5.33. The van der Waals surface area contributed by atoms with Gasteiger partial charge in [0, 0.05) is 11.5 Å². The van der Waals surface area contributed by atoms with E-state index in [0.29, 0.717) is 5.46 Å². The summed E-state index contributed by atoms with van der Waals surface area (Å²) in [4.78, 5) is 0. The van der Waals surface area contributed by atoms with E-state index in [1.165, 1.54) is 12.1 Å². The molecule has 0 bridgehead atoms. The third-order valence-corrected chi connectivity index (χ3v) is 3.52. The van der Waals surface area contributed by atoms with Gasteiger partial charge >= 0.3 is 7.12 Å². The molecule has 0 amide bonds. The quantitative estimate of drug-likeness (QED) is 0.723. The molecule has 0 saturated carbocycles. The predicted octanol–water partition coefficient (Wildman–Crippen LogP) is 1.40. The number of hydrogen-bond donors (Lipinski definition) is 2. The van der Waals surface area contributed by atoms with Crippen molar-refractivity contribution in [2.45, 2.75) is 38.9 Å². The van der Waals surface area contributed by atoms with Crippen LogP contribution in [0.4, 0.5) is 0 Å². The smallest absolute Gasteiger partial charge is 0.498 e. The van der Waals surface area contributed by atoms with Gasteiger partial charge in [0.25, 0.3) is 0 Å². The number of aromatic hydroxyl groups is 2. The topological polar surface area (TPSA) is 58.9 Å². The molecule has 2 N–H and O–H groups in total. The van der Waals surface area contributed by atoms with E-state index in [1.54, 1.807) is 6.07 Å². The minimum absolute atomic E-state index is 0.0165. The van der Waals surface area contributed by atoms with Crippen molar-refractivity contribution in [1.82, 2.24) is 0 Å². The van der Waals surface area contributed by atoms with Gasteiger partial charge in [0.1, 0.15) is 11.5 Å². The van der Waals surface area contributed by atoms with E-state index in [1.807, 2.05) is 27.7 Å². The van der Waals surface area contributed by atoms with Crippen LogP contribution in [-0.4, -0.2) is 28.5 Å². The average molecular weight is 236 g/mol. The first-order chi connectivity index (χ1) is 7.73. The highest BCUT2D eigenvalue weighted by atomic mass is 16.7. The lowest BCUT2D eigenvalue weighted by Crippen LogP contribution is -2.41. The summed E-state index contributed by atoms with van der Waals surface area (Å²) in [6.45, 7) is 7.80. The molecule has 0 radical (unpaired) electrons. The highest BCUT2D eigenvalue weighted by Crippen LogP contribution is 2.37. The molecule has 1 heterocycles. The van der Waals surface area contributed by atoms with E-state index in [-0.39, 0.29) is 11.5 Å². The van der Waals surface area contributed by atoms with Crippen LogP contribution >= 0.6 is 0 Å². The number of phenols is 2. The van der Waals surface area contributed by atoms with Crippen molar-refractivity contribution >= 4 is 12.6 Å². The number of benzene rings is 1. The molecule has 92 valence electrons. The average Bonchev–Trinajstić information content (AvgIpc) is 2.35. The highest BCUT2D eigenvalue weighted by Gasteiger charge is 2.52. The lowest BCUT2D eigenvalue weighted by atomic mass is 9.78. The van der Waals surface area contributed by atoms with Crippen LogP contribution < -0.4 is 5.46 Å². The fraction of sp³-hybridized carbons (Fsp3) is 0.500. The summed E-state index contributed by atoms with van der Waals surface area (Å²) in [6.07, 6.45) is 0. The van der Waals surface area contributed by atoms with Gasteiger partial charge in [0.15, 0.2) is 0 Å². The van der Waals surface area contributed by atoms with Gasteiger partial charge in [-0.3, -0.25) is 0 Å². The zero-order valence-corrected chi connectivity index (χ0v) is 10.5. The summed E-state index contributed by atoms with van der Waals surface area (Å²) >= 11 is 0.